The number of rotatable bonds is 5. The molecule has 1 aromatic carbocycles. The van der Waals surface area contributed by atoms with Gasteiger partial charge >= 0.3 is 0 Å². The quantitative estimate of drug-likeness (QED) is 0.830. The summed E-state index contributed by atoms with van der Waals surface area (Å²) in [6, 6.07) is 5.79. The molecule has 0 radical (unpaired) electrons. The van der Waals surface area contributed by atoms with E-state index in [0.717, 1.165) is 12.1 Å². The van der Waals surface area contributed by atoms with Gasteiger partial charge in [0.1, 0.15) is 5.75 Å². The van der Waals surface area contributed by atoms with Crippen LogP contribution in [0, 0.1) is 6.92 Å². The van der Waals surface area contributed by atoms with E-state index in [-0.39, 0.29) is 11.7 Å². The van der Waals surface area contributed by atoms with Crippen LogP contribution in [0.5, 0.6) is 5.75 Å². The van der Waals surface area contributed by atoms with Crippen molar-refractivity contribution in [2.75, 3.05) is 20.1 Å². The summed E-state index contributed by atoms with van der Waals surface area (Å²) in [6.07, 6.45) is 2.53. The van der Waals surface area contributed by atoms with E-state index in [1.165, 1.54) is 12.8 Å². The highest BCUT2D eigenvalue weighted by molar-refractivity contribution is 5.96. The molecular weight excluding hydrogens is 228 g/mol. The first kappa shape index (κ1) is 12.9. The molecule has 0 bridgehead atoms. The number of hydrogen-bond donors (Lipinski definition) is 2. The van der Waals surface area contributed by atoms with Crippen LogP contribution in [0.4, 0.5) is 0 Å². The number of likely N-dealkylation sites (N-methyl/N-ethyl adjacent to an activating group) is 1. The highest BCUT2D eigenvalue weighted by Crippen LogP contribution is 2.24. The van der Waals surface area contributed by atoms with E-state index in [2.05, 4.69) is 17.3 Å². The molecule has 2 rings (SSSR count). The standard InChI is InChI=1S/C14H20N2O2/c1-10-3-6-12(13(17)9-10)14(18)15-7-8-16(2)11-4-5-11/h3,6,9,11,17H,4-5,7-8H2,1-2H3,(H,15,18). The van der Waals surface area contributed by atoms with Crippen LogP contribution in [-0.2, 0) is 0 Å². The Hall–Kier alpha value is -1.55. The van der Waals surface area contributed by atoms with Crippen LogP contribution < -0.4 is 5.32 Å². The minimum atomic E-state index is -0.211. The van der Waals surface area contributed by atoms with Gasteiger partial charge in [-0.05, 0) is 44.5 Å². The summed E-state index contributed by atoms with van der Waals surface area (Å²) in [5.74, 6) is -0.167. The Balaban J connectivity index is 1.83. The molecule has 98 valence electrons. The van der Waals surface area contributed by atoms with Crippen molar-refractivity contribution < 1.29 is 9.90 Å². The van der Waals surface area contributed by atoms with Gasteiger partial charge in [0.25, 0.3) is 5.91 Å². The van der Waals surface area contributed by atoms with Crippen LogP contribution in [0.2, 0.25) is 0 Å². The molecule has 4 nitrogen and oxygen atoms in total. The van der Waals surface area contributed by atoms with E-state index >= 15 is 0 Å². The number of benzene rings is 1. The Labute approximate surface area is 108 Å². The molecule has 0 atom stereocenters. The van der Waals surface area contributed by atoms with Crippen LogP contribution in [0.25, 0.3) is 0 Å². The lowest BCUT2D eigenvalue weighted by molar-refractivity contribution is 0.0947. The lowest BCUT2D eigenvalue weighted by atomic mass is 10.1. The van der Waals surface area contributed by atoms with Gasteiger partial charge in [0.2, 0.25) is 0 Å². The van der Waals surface area contributed by atoms with E-state index in [1.807, 2.05) is 13.0 Å². The molecule has 0 unspecified atom stereocenters. The van der Waals surface area contributed by atoms with Crippen LogP contribution in [0.1, 0.15) is 28.8 Å². The van der Waals surface area contributed by atoms with E-state index in [4.69, 9.17) is 0 Å². The third-order valence-electron chi connectivity index (χ3n) is 3.32. The Morgan fingerprint density at radius 1 is 1.50 bits per heavy atom. The molecule has 0 spiro atoms. The van der Waals surface area contributed by atoms with Crippen molar-refractivity contribution in [1.82, 2.24) is 10.2 Å². The molecule has 1 aliphatic carbocycles. The van der Waals surface area contributed by atoms with Gasteiger partial charge in [-0.15, -0.1) is 0 Å². The number of phenols is 1. The number of nitrogens with zero attached hydrogens (tertiary/aromatic N) is 1. The predicted octanol–water partition coefficient (Wildman–Crippen LogP) is 1.52. The van der Waals surface area contributed by atoms with Gasteiger partial charge in [0.05, 0.1) is 5.56 Å². The molecule has 1 fully saturated rings. The second kappa shape index (κ2) is 5.40. The second-order valence-electron chi connectivity index (χ2n) is 4.99. The largest absolute Gasteiger partial charge is 0.507 e. The summed E-state index contributed by atoms with van der Waals surface area (Å²) in [4.78, 5) is 14.1. The number of hydrogen-bond acceptors (Lipinski definition) is 3. The molecule has 0 aliphatic heterocycles. The number of phenolic OH excluding ortho intramolecular Hbond substituents is 1. The molecular formula is C14H20N2O2. The molecule has 1 aliphatic rings. The van der Waals surface area contributed by atoms with Gasteiger partial charge in [0.15, 0.2) is 0 Å². The molecule has 18 heavy (non-hydrogen) atoms. The van der Waals surface area contributed by atoms with Crippen LogP contribution in [-0.4, -0.2) is 42.1 Å². The first-order chi connectivity index (χ1) is 8.58. The zero-order chi connectivity index (χ0) is 13.1. The molecule has 0 saturated heterocycles. The first-order valence-electron chi connectivity index (χ1n) is 6.36. The maximum Gasteiger partial charge on any atom is 0.255 e. The third kappa shape index (κ3) is 3.23. The number of carbonyl (C=O) groups excluding carboxylic acids is 1. The van der Waals surface area contributed by atoms with Crippen molar-refractivity contribution in [3.63, 3.8) is 0 Å². The average Bonchev–Trinajstić information content (AvgIpc) is 3.12. The fraction of sp³-hybridized carbons (Fsp3) is 0.500. The third-order valence-corrected chi connectivity index (χ3v) is 3.32. The van der Waals surface area contributed by atoms with Crippen molar-refractivity contribution in [1.29, 1.82) is 0 Å². The van der Waals surface area contributed by atoms with Crippen molar-refractivity contribution in [2.24, 2.45) is 0 Å². The maximum atomic E-state index is 11.9. The highest BCUT2D eigenvalue weighted by atomic mass is 16.3. The monoisotopic (exact) mass is 248 g/mol. The summed E-state index contributed by atoms with van der Waals surface area (Å²) < 4.78 is 0. The zero-order valence-electron chi connectivity index (χ0n) is 10.9. The van der Waals surface area contributed by atoms with Gasteiger partial charge in [-0.3, -0.25) is 4.79 Å². The number of nitrogens with one attached hydrogen (secondary N) is 1. The zero-order valence-corrected chi connectivity index (χ0v) is 10.9. The van der Waals surface area contributed by atoms with Crippen molar-refractivity contribution >= 4 is 5.91 Å². The number of aromatic hydroxyl groups is 1. The summed E-state index contributed by atoms with van der Waals surface area (Å²) >= 11 is 0. The summed E-state index contributed by atoms with van der Waals surface area (Å²) in [7, 11) is 2.08. The van der Waals surface area contributed by atoms with Gasteiger partial charge in [-0.25, -0.2) is 0 Å². The van der Waals surface area contributed by atoms with Crippen molar-refractivity contribution in [2.45, 2.75) is 25.8 Å². The molecule has 0 aromatic heterocycles. The lowest BCUT2D eigenvalue weighted by Gasteiger charge is -2.15. The fourth-order valence-electron chi connectivity index (χ4n) is 1.97. The lowest BCUT2D eigenvalue weighted by Crippen LogP contribution is -2.33. The average molecular weight is 248 g/mol. The van der Waals surface area contributed by atoms with Crippen molar-refractivity contribution in [3.8, 4) is 5.75 Å². The SMILES string of the molecule is Cc1ccc(C(=O)NCCN(C)C2CC2)c(O)c1. The predicted molar refractivity (Wildman–Crippen MR) is 70.8 cm³/mol. The number of aryl methyl sites for hydroxylation is 1. The van der Waals surface area contributed by atoms with E-state index in [1.54, 1.807) is 12.1 Å². The van der Waals surface area contributed by atoms with Crippen LogP contribution >= 0.6 is 0 Å². The van der Waals surface area contributed by atoms with E-state index < -0.39 is 0 Å². The first-order valence-corrected chi connectivity index (χ1v) is 6.36. The number of carbonyl (C=O) groups is 1. The van der Waals surface area contributed by atoms with Gasteiger partial charge in [-0.1, -0.05) is 6.07 Å². The van der Waals surface area contributed by atoms with E-state index in [9.17, 15) is 9.90 Å². The summed E-state index contributed by atoms with van der Waals surface area (Å²) in [5.41, 5.74) is 1.28. The maximum absolute atomic E-state index is 11.9. The van der Waals surface area contributed by atoms with Crippen molar-refractivity contribution in [3.05, 3.63) is 29.3 Å². The second-order valence-corrected chi connectivity index (χ2v) is 4.99. The van der Waals surface area contributed by atoms with Gasteiger partial charge < -0.3 is 15.3 Å². The fourth-order valence-corrected chi connectivity index (χ4v) is 1.97. The normalized spacial score (nSPS) is 14.8. The smallest absolute Gasteiger partial charge is 0.255 e. The Morgan fingerprint density at radius 3 is 2.83 bits per heavy atom. The molecule has 0 heterocycles. The summed E-state index contributed by atoms with van der Waals surface area (Å²) in [6.45, 7) is 3.34. The molecule has 1 amide bonds. The molecule has 2 N–H and O–H groups in total. The van der Waals surface area contributed by atoms with Gasteiger partial charge in [-0.2, -0.15) is 0 Å². The topological polar surface area (TPSA) is 52.6 Å². The highest BCUT2D eigenvalue weighted by Gasteiger charge is 2.25. The molecule has 4 heteroatoms. The van der Waals surface area contributed by atoms with Crippen LogP contribution in [0.15, 0.2) is 18.2 Å². The Kier molecular flexibility index (Phi) is 3.87. The van der Waals surface area contributed by atoms with E-state index in [0.29, 0.717) is 18.2 Å². The van der Waals surface area contributed by atoms with Crippen LogP contribution in [0.3, 0.4) is 0 Å². The molecule has 1 aromatic rings. The minimum Gasteiger partial charge on any atom is -0.507 e. The summed E-state index contributed by atoms with van der Waals surface area (Å²) in [5, 5.41) is 12.5. The van der Waals surface area contributed by atoms with Gasteiger partial charge in [0, 0.05) is 19.1 Å². The Morgan fingerprint density at radius 2 is 2.22 bits per heavy atom. The minimum absolute atomic E-state index is 0.0445. The Bertz CT molecular complexity index is 441. The number of amides is 1. The molecule has 1 saturated carbocycles.